The first-order chi connectivity index (χ1) is 13.8. The van der Waals surface area contributed by atoms with Crippen LogP contribution in [-0.2, 0) is 0 Å². The SMILES string of the molecule is CCC(C)C1=C([Si](c2ccccc2)(c2ccccc2)c2ccccc2)CC=C1. The molecule has 140 valence electrons. The fraction of sp³-hybridized carbons (Fsp3) is 0.185. The lowest BCUT2D eigenvalue weighted by atomic mass is 10.00. The zero-order valence-corrected chi connectivity index (χ0v) is 17.8. The number of hydrogen-bond acceptors (Lipinski definition) is 0. The van der Waals surface area contributed by atoms with E-state index in [4.69, 9.17) is 0 Å². The summed E-state index contributed by atoms with van der Waals surface area (Å²) in [4.78, 5) is 0. The number of benzene rings is 3. The van der Waals surface area contributed by atoms with Crippen LogP contribution in [0.25, 0.3) is 0 Å². The van der Waals surface area contributed by atoms with Crippen LogP contribution in [0.2, 0.25) is 0 Å². The molecule has 0 spiro atoms. The van der Waals surface area contributed by atoms with Crippen LogP contribution in [0, 0.1) is 5.92 Å². The van der Waals surface area contributed by atoms with E-state index in [0.717, 1.165) is 6.42 Å². The Morgan fingerprint density at radius 2 is 1.14 bits per heavy atom. The van der Waals surface area contributed by atoms with Gasteiger partial charge in [0.25, 0.3) is 0 Å². The molecule has 0 heterocycles. The van der Waals surface area contributed by atoms with Gasteiger partial charge in [0.1, 0.15) is 0 Å². The average Bonchev–Trinajstić information content (AvgIpc) is 3.26. The maximum absolute atomic E-state index is 2.40. The Morgan fingerprint density at radius 3 is 1.54 bits per heavy atom. The Hall–Kier alpha value is -2.64. The average molecular weight is 381 g/mol. The summed E-state index contributed by atoms with van der Waals surface area (Å²) >= 11 is 0. The van der Waals surface area contributed by atoms with E-state index in [1.807, 2.05) is 0 Å². The third kappa shape index (κ3) is 3.10. The molecule has 0 amide bonds. The molecule has 0 saturated heterocycles. The van der Waals surface area contributed by atoms with Crippen LogP contribution in [0.5, 0.6) is 0 Å². The first-order valence-corrected chi connectivity index (χ1v) is 12.3. The van der Waals surface area contributed by atoms with E-state index in [-0.39, 0.29) is 0 Å². The van der Waals surface area contributed by atoms with Gasteiger partial charge >= 0.3 is 0 Å². The minimum absolute atomic E-state index is 0.580. The fourth-order valence-corrected chi connectivity index (χ4v) is 9.97. The third-order valence-electron chi connectivity index (χ3n) is 6.18. The monoisotopic (exact) mass is 380 g/mol. The zero-order valence-electron chi connectivity index (χ0n) is 16.8. The number of hydrogen-bond donors (Lipinski definition) is 0. The highest BCUT2D eigenvalue weighted by Crippen LogP contribution is 2.33. The highest BCUT2D eigenvalue weighted by molar-refractivity contribution is 7.16. The van der Waals surface area contributed by atoms with Crippen LogP contribution in [0.3, 0.4) is 0 Å². The van der Waals surface area contributed by atoms with Gasteiger partial charge in [-0.2, -0.15) is 0 Å². The Morgan fingerprint density at radius 1 is 0.714 bits per heavy atom. The zero-order chi connectivity index (χ0) is 19.4. The van der Waals surface area contributed by atoms with Gasteiger partial charge in [-0.3, -0.25) is 0 Å². The molecule has 1 aliphatic carbocycles. The van der Waals surface area contributed by atoms with Gasteiger partial charge in [0.2, 0.25) is 0 Å². The second-order valence-corrected chi connectivity index (χ2v) is 11.5. The maximum atomic E-state index is 2.40. The summed E-state index contributed by atoms with van der Waals surface area (Å²) in [6.45, 7) is 4.68. The van der Waals surface area contributed by atoms with Gasteiger partial charge in [0, 0.05) is 0 Å². The summed E-state index contributed by atoms with van der Waals surface area (Å²) in [5.74, 6) is 0.580. The van der Waals surface area contributed by atoms with Crippen molar-refractivity contribution in [2.45, 2.75) is 26.7 Å². The molecule has 1 heteroatoms. The molecule has 0 aromatic heterocycles. The second kappa shape index (κ2) is 8.16. The largest absolute Gasteiger partial charge is 0.176 e. The molecule has 3 aromatic rings. The summed E-state index contributed by atoms with van der Waals surface area (Å²) in [6, 6.07) is 33.7. The lowest BCUT2D eigenvalue weighted by Crippen LogP contribution is -2.68. The van der Waals surface area contributed by atoms with Gasteiger partial charge in [-0.25, -0.2) is 0 Å². The number of rotatable bonds is 6. The van der Waals surface area contributed by atoms with Crippen molar-refractivity contribution in [1.82, 2.24) is 0 Å². The first kappa shape index (κ1) is 18.7. The van der Waals surface area contributed by atoms with Crippen LogP contribution in [0.4, 0.5) is 0 Å². The molecule has 0 radical (unpaired) electrons. The van der Waals surface area contributed by atoms with E-state index >= 15 is 0 Å². The predicted molar refractivity (Wildman–Crippen MR) is 124 cm³/mol. The topological polar surface area (TPSA) is 0 Å². The van der Waals surface area contributed by atoms with Crippen molar-refractivity contribution in [2.75, 3.05) is 0 Å². The second-order valence-electron chi connectivity index (χ2n) is 7.70. The lowest BCUT2D eigenvalue weighted by molar-refractivity contribution is 0.669. The van der Waals surface area contributed by atoms with E-state index in [9.17, 15) is 0 Å². The minimum Gasteiger partial charge on any atom is -0.0805 e. The highest BCUT2D eigenvalue weighted by atomic mass is 28.3. The summed E-state index contributed by atoms with van der Waals surface area (Å²) in [6.07, 6.45) is 7.02. The van der Waals surface area contributed by atoms with E-state index in [1.54, 1.807) is 10.8 Å². The standard InChI is InChI=1S/C27H28Si/c1-3-22(2)26-20-13-21-27(26)28(23-14-7-4-8-15-23,24-16-9-5-10-17-24)25-18-11-6-12-19-25/h4-20,22H,3,21H2,1-2H3. The van der Waals surface area contributed by atoms with Crippen molar-refractivity contribution >= 4 is 23.6 Å². The molecule has 0 aliphatic heterocycles. The Bertz CT molecular complexity index is 872. The smallest absolute Gasteiger partial charge is 0.0805 e. The molecule has 0 nitrogen and oxygen atoms in total. The molecule has 3 aromatic carbocycles. The third-order valence-corrected chi connectivity index (χ3v) is 11.2. The predicted octanol–water partition coefficient (Wildman–Crippen LogP) is 5.00. The van der Waals surface area contributed by atoms with Crippen LogP contribution in [0.1, 0.15) is 26.7 Å². The quantitative estimate of drug-likeness (QED) is 0.417. The van der Waals surface area contributed by atoms with Crippen LogP contribution in [0.15, 0.2) is 114 Å². The molecule has 4 rings (SSSR count). The highest BCUT2D eigenvalue weighted by Gasteiger charge is 2.44. The fourth-order valence-electron chi connectivity index (χ4n) is 4.66. The molecule has 0 saturated carbocycles. The van der Waals surface area contributed by atoms with E-state index < -0.39 is 8.07 Å². The van der Waals surface area contributed by atoms with Crippen molar-refractivity contribution in [3.63, 3.8) is 0 Å². The van der Waals surface area contributed by atoms with Crippen LogP contribution in [-0.4, -0.2) is 8.07 Å². The van der Waals surface area contributed by atoms with E-state index in [1.165, 1.54) is 22.0 Å². The van der Waals surface area contributed by atoms with Crippen molar-refractivity contribution in [2.24, 2.45) is 5.92 Å². The van der Waals surface area contributed by atoms with Gasteiger partial charge < -0.3 is 0 Å². The summed E-state index contributed by atoms with van der Waals surface area (Å²) < 4.78 is 0. The van der Waals surface area contributed by atoms with Gasteiger partial charge in [0.15, 0.2) is 8.07 Å². The molecule has 0 fully saturated rings. The van der Waals surface area contributed by atoms with Crippen LogP contribution < -0.4 is 15.6 Å². The molecule has 0 bridgehead atoms. The van der Waals surface area contributed by atoms with Gasteiger partial charge in [-0.1, -0.05) is 122 Å². The van der Waals surface area contributed by atoms with Crippen molar-refractivity contribution in [1.29, 1.82) is 0 Å². The molecule has 1 unspecified atom stereocenters. The van der Waals surface area contributed by atoms with Gasteiger partial charge in [-0.15, -0.1) is 0 Å². The first-order valence-electron chi connectivity index (χ1n) is 10.3. The van der Waals surface area contributed by atoms with Crippen molar-refractivity contribution < 1.29 is 0 Å². The van der Waals surface area contributed by atoms with E-state index in [0.29, 0.717) is 5.92 Å². The van der Waals surface area contributed by atoms with Gasteiger partial charge in [0.05, 0.1) is 0 Å². The normalized spacial score (nSPS) is 15.1. The van der Waals surface area contributed by atoms with E-state index in [2.05, 4.69) is 117 Å². The van der Waals surface area contributed by atoms with Crippen molar-refractivity contribution in [3.8, 4) is 0 Å². The number of allylic oxidation sites excluding steroid dienone is 4. The minimum atomic E-state index is -2.32. The molecule has 0 N–H and O–H groups in total. The van der Waals surface area contributed by atoms with Crippen molar-refractivity contribution in [3.05, 3.63) is 114 Å². The summed E-state index contributed by atoms with van der Waals surface area (Å²) in [7, 11) is -2.32. The van der Waals surface area contributed by atoms with Crippen LogP contribution >= 0.6 is 0 Å². The Kier molecular flexibility index (Phi) is 5.45. The molecule has 28 heavy (non-hydrogen) atoms. The molecule has 1 aliphatic rings. The van der Waals surface area contributed by atoms with Gasteiger partial charge in [-0.05, 0) is 39.9 Å². The summed E-state index contributed by atoms with van der Waals surface area (Å²) in [5, 5.41) is 6.09. The summed E-state index contributed by atoms with van der Waals surface area (Å²) in [5.41, 5.74) is 1.56. The molecular weight excluding hydrogens is 352 g/mol. The molecular formula is C27H28Si. The molecule has 1 atom stereocenters. The Balaban J connectivity index is 2.11. The lowest BCUT2D eigenvalue weighted by Gasteiger charge is -2.37. The Labute approximate surface area is 170 Å². The maximum Gasteiger partial charge on any atom is 0.176 e.